The van der Waals surface area contributed by atoms with Crippen LogP contribution < -0.4 is 0 Å². The molecule has 2 aromatic carbocycles. The summed E-state index contributed by atoms with van der Waals surface area (Å²) in [5.74, 6) is 1.21. The van der Waals surface area contributed by atoms with E-state index in [1.165, 1.54) is 0 Å². The van der Waals surface area contributed by atoms with E-state index in [2.05, 4.69) is 23.4 Å². The lowest BCUT2D eigenvalue weighted by Crippen LogP contribution is -2.31. The van der Waals surface area contributed by atoms with Crippen molar-refractivity contribution in [2.45, 2.75) is 25.9 Å². The van der Waals surface area contributed by atoms with Gasteiger partial charge in [0.05, 0.1) is 18.2 Å². The number of aryl methyl sites for hydroxylation is 1. The number of carbonyl (C=O) groups is 1. The van der Waals surface area contributed by atoms with Crippen LogP contribution in [0.15, 0.2) is 53.1 Å². The van der Waals surface area contributed by atoms with Gasteiger partial charge < -0.3 is 14.2 Å². The van der Waals surface area contributed by atoms with E-state index in [1.807, 2.05) is 42.2 Å². The second kappa shape index (κ2) is 7.53. The SMILES string of the molecule is CO[C@H]1CN(C(=O)Cc2cccc3ccccc23)C[C@H]1Cc1cc(C)no1. The highest BCUT2D eigenvalue weighted by atomic mass is 16.5. The maximum Gasteiger partial charge on any atom is 0.227 e. The minimum atomic E-state index is 0.0203. The van der Waals surface area contributed by atoms with Crippen LogP contribution in [0.4, 0.5) is 0 Å². The van der Waals surface area contributed by atoms with Crippen LogP contribution in [0.2, 0.25) is 0 Å². The van der Waals surface area contributed by atoms with Crippen LogP contribution in [-0.2, 0) is 22.4 Å². The van der Waals surface area contributed by atoms with Crippen molar-refractivity contribution < 1.29 is 14.1 Å². The molecule has 140 valence electrons. The molecule has 0 saturated carbocycles. The first-order valence-corrected chi connectivity index (χ1v) is 9.33. The van der Waals surface area contributed by atoms with E-state index >= 15 is 0 Å². The highest BCUT2D eigenvalue weighted by Gasteiger charge is 2.36. The molecule has 0 bridgehead atoms. The first-order chi connectivity index (χ1) is 13.1. The molecule has 1 aliphatic rings. The van der Waals surface area contributed by atoms with Crippen molar-refractivity contribution in [2.75, 3.05) is 20.2 Å². The number of hydrogen-bond donors (Lipinski definition) is 0. The molecular weight excluding hydrogens is 340 g/mol. The Labute approximate surface area is 158 Å². The average molecular weight is 364 g/mol. The number of aromatic nitrogens is 1. The summed E-state index contributed by atoms with van der Waals surface area (Å²) in [5, 5.41) is 6.26. The van der Waals surface area contributed by atoms with Crippen LogP contribution in [-0.4, -0.2) is 42.3 Å². The van der Waals surface area contributed by atoms with Gasteiger partial charge in [0.2, 0.25) is 5.91 Å². The van der Waals surface area contributed by atoms with E-state index in [4.69, 9.17) is 9.26 Å². The molecule has 0 N–H and O–H groups in total. The van der Waals surface area contributed by atoms with E-state index < -0.39 is 0 Å². The summed E-state index contributed by atoms with van der Waals surface area (Å²) in [4.78, 5) is 14.9. The Morgan fingerprint density at radius 1 is 1.22 bits per heavy atom. The lowest BCUT2D eigenvalue weighted by molar-refractivity contribution is -0.129. The van der Waals surface area contributed by atoms with E-state index in [0.29, 0.717) is 19.5 Å². The second-order valence-electron chi connectivity index (χ2n) is 7.29. The van der Waals surface area contributed by atoms with Gasteiger partial charge in [-0.2, -0.15) is 0 Å². The molecule has 5 heteroatoms. The normalized spacial score (nSPS) is 19.7. The number of methoxy groups -OCH3 is 1. The minimum absolute atomic E-state index is 0.0203. The Balaban J connectivity index is 1.47. The molecule has 3 aromatic rings. The van der Waals surface area contributed by atoms with Crippen molar-refractivity contribution in [3.05, 3.63) is 65.5 Å². The maximum atomic E-state index is 13.0. The van der Waals surface area contributed by atoms with Crippen LogP contribution in [0.1, 0.15) is 17.0 Å². The van der Waals surface area contributed by atoms with Crippen molar-refractivity contribution in [1.29, 1.82) is 0 Å². The van der Waals surface area contributed by atoms with Gasteiger partial charge in [0.15, 0.2) is 0 Å². The Kier molecular flexibility index (Phi) is 4.94. The molecule has 27 heavy (non-hydrogen) atoms. The zero-order chi connectivity index (χ0) is 18.8. The molecule has 1 saturated heterocycles. The molecule has 1 fully saturated rings. The number of ether oxygens (including phenoxy) is 1. The summed E-state index contributed by atoms with van der Waals surface area (Å²) in [7, 11) is 1.71. The fraction of sp³-hybridized carbons (Fsp3) is 0.364. The van der Waals surface area contributed by atoms with Crippen LogP contribution in [0.3, 0.4) is 0 Å². The maximum absolute atomic E-state index is 13.0. The number of hydrogen-bond acceptors (Lipinski definition) is 4. The average Bonchev–Trinajstić information content (AvgIpc) is 3.28. The smallest absolute Gasteiger partial charge is 0.227 e. The Bertz CT molecular complexity index is 944. The van der Waals surface area contributed by atoms with Crippen LogP contribution in [0.5, 0.6) is 0 Å². The molecular formula is C22H24N2O3. The van der Waals surface area contributed by atoms with Gasteiger partial charge >= 0.3 is 0 Å². The summed E-state index contributed by atoms with van der Waals surface area (Å²) < 4.78 is 11.0. The van der Waals surface area contributed by atoms with Gasteiger partial charge in [-0.3, -0.25) is 4.79 Å². The molecule has 1 aromatic heterocycles. The molecule has 4 rings (SSSR count). The van der Waals surface area contributed by atoms with Crippen molar-refractivity contribution in [3.63, 3.8) is 0 Å². The number of rotatable bonds is 5. The number of amides is 1. The van der Waals surface area contributed by atoms with Crippen molar-refractivity contribution in [1.82, 2.24) is 10.1 Å². The van der Waals surface area contributed by atoms with Gasteiger partial charge in [0.1, 0.15) is 5.76 Å². The molecule has 0 aliphatic carbocycles. The zero-order valence-electron chi connectivity index (χ0n) is 15.7. The fourth-order valence-corrected chi connectivity index (χ4v) is 4.00. The highest BCUT2D eigenvalue weighted by Crippen LogP contribution is 2.26. The summed E-state index contributed by atoms with van der Waals surface area (Å²) in [5.41, 5.74) is 1.95. The first-order valence-electron chi connectivity index (χ1n) is 9.33. The molecule has 0 unspecified atom stereocenters. The zero-order valence-corrected chi connectivity index (χ0v) is 15.7. The Morgan fingerprint density at radius 2 is 2.04 bits per heavy atom. The number of likely N-dealkylation sites (tertiary alicyclic amines) is 1. The van der Waals surface area contributed by atoms with E-state index in [0.717, 1.165) is 34.2 Å². The largest absolute Gasteiger partial charge is 0.379 e. The number of fused-ring (bicyclic) bond motifs is 1. The summed E-state index contributed by atoms with van der Waals surface area (Å²) in [6.45, 7) is 3.22. The topological polar surface area (TPSA) is 55.6 Å². The van der Waals surface area contributed by atoms with Gasteiger partial charge in [-0.1, -0.05) is 47.6 Å². The second-order valence-corrected chi connectivity index (χ2v) is 7.29. The van der Waals surface area contributed by atoms with Crippen molar-refractivity contribution in [2.24, 2.45) is 5.92 Å². The van der Waals surface area contributed by atoms with Gasteiger partial charge in [-0.25, -0.2) is 0 Å². The van der Waals surface area contributed by atoms with Gasteiger partial charge in [0, 0.05) is 38.6 Å². The molecule has 2 atom stereocenters. The van der Waals surface area contributed by atoms with Crippen LogP contribution >= 0.6 is 0 Å². The lowest BCUT2D eigenvalue weighted by Gasteiger charge is -2.17. The Hall–Kier alpha value is -2.66. The number of nitrogens with zero attached hydrogens (tertiary/aromatic N) is 2. The standard InChI is InChI=1S/C22H24N2O3/c1-15-10-19(27-23-15)11-18-13-24(14-21(18)26-2)22(25)12-17-8-5-7-16-6-3-4-9-20(16)17/h3-10,18,21H,11-14H2,1-2H3/t18-,21+/m1/s1. The number of carbonyl (C=O) groups excluding carboxylic acids is 1. The first kappa shape index (κ1) is 17.7. The molecule has 0 radical (unpaired) electrons. The van der Waals surface area contributed by atoms with Gasteiger partial charge in [-0.05, 0) is 23.3 Å². The molecule has 0 spiro atoms. The Morgan fingerprint density at radius 3 is 2.81 bits per heavy atom. The molecule has 1 aliphatic heterocycles. The fourth-order valence-electron chi connectivity index (χ4n) is 4.00. The summed E-state index contributed by atoms with van der Waals surface area (Å²) in [6.07, 6.45) is 1.16. The third-order valence-corrected chi connectivity index (χ3v) is 5.40. The molecule has 5 nitrogen and oxygen atoms in total. The monoisotopic (exact) mass is 364 g/mol. The third-order valence-electron chi connectivity index (χ3n) is 5.40. The summed E-state index contributed by atoms with van der Waals surface area (Å²) >= 11 is 0. The van der Waals surface area contributed by atoms with Crippen LogP contribution in [0.25, 0.3) is 10.8 Å². The predicted molar refractivity (Wildman–Crippen MR) is 103 cm³/mol. The van der Waals surface area contributed by atoms with Crippen molar-refractivity contribution in [3.8, 4) is 0 Å². The van der Waals surface area contributed by atoms with Gasteiger partial charge in [0.25, 0.3) is 0 Å². The quantitative estimate of drug-likeness (QED) is 0.696. The van der Waals surface area contributed by atoms with E-state index in [-0.39, 0.29) is 17.9 Å². The predicted octanol–water partition coefficient (Wildman–Crippen LogP) is 3.39. The highest BCUT2D eigenvalue weighted by molar-refractivity contribution is 5.90. The van der Waals surface area contributed by atoms with Crippen LogP contribution in [0, 0.1) is 12.8 Å². The van der Waals surface area contributed by atoms with Crippen molar-refractivity contribution >= 4 is 16.7 Å². The van der Waals surface area contributed by atoms with Gasteiger partial charge in [-0.15, -0.1) is 0 Å². The lowest BCUT2D eigenvalue weighted by atomic mass is 10.0. The van der Waals surface area contributed by atoms with E-state index in [9.17, 15) is 4.79 Å². The number of benzene rings is 2. The third kappa shape index (κ3) is 3.74. The van der Waals surface area contributed by atoms with E-state index in [1.54, 1.807) is 7.11 Å². The molecule has 2 heterocycles. The minimum Gasteiger partial charge on any atom is -0.379 e. The molecule has 1 amide bonds. The summed E-state index contributed by atoms with van der Waals surface area (Å²) in [6, 6.07) is 16.3.